The molecule has 0 aliphatic heterocycles. The summed E-state index contributed by atoms with van der Waals surface area (Å²) in [5.41, 5.74) is 16.0. The van der Waals surface area contributed by atoms with E-state index in [1.807, 2.05) is 36.4 Å². The fourth-order valence-electron chi connectivity index (χ4n) is 9.16. The fourth-order valence-corrected chi connectivity index (χ4v) is 13.3. The number of carbonyl (C=O) groups excluding carboxylic acids is 2. The van der Waals surface area contributed by atoms with Gasteiger partial charge in [-0.2, -0.15) is 0 Å². The number of carbonyl (C=O) groups is 2. The molecule has 0 aromatic heterocycles. The third-order valence-corrected chi connectivity index (χ3v) is 15.6. The lowest BCUT2D eigenvalue weighted by Crippen LogP contribution is -2.50. The van der Waals surface area contributed by atoms with Gasteiger partial charge < -0.3 is 4.43 Å². The van der Waals surface area contributed by atoms with Crippen LogP contribution in [-0.4, -0.2) is 20.6 Å². The minimum Gasteiger partial charge on any atom is -0.513 e. The summed E-state index contributed by atoms with van der Waals surface area (Å²) in [5, 5.41) is 0. The van der Waals surface area contributed by atoms with Gasteiger partial charge in [-0.1, -0.05) is 237 Å². The van der Waals surface area contributed by atoms with Crippen molar-refractivity contribution in [3.63, 3.8) is 0 Å². The van der Waals surface area contributed by atoms with Crippen LogP contribution in [0.4, 0.5) is 0 Å². The van der Waals surface area contributed by atoms with E-state index in [1.165, 1.54) is 0 Å². The summed E-state index contributed by atoms with van der Waals surface area (Å²) in [7, 11) is -3.67. The third-order valence-electron chi connectivity index (χ3n) is 11.9. The summed E-state index contributed by atoms with van der Waals surface area (Å²) in [4.78, 5) is 27.0. The summed E-state index contributed by atoms with van der Waals surface area (Å²) in [5.74, 6) is -0.850. The van der Waals surface area contributed by atoms with Crippen molar-refractivity contribution in [2.45, 2.75) is 18.1 Å². The van der Waals surface area contributed by atoms with Crippen LogP contribution in [0.1, 0.15) is 16.7 Å². The topological polar surface area (TPSA) is 43.4 Å². The van der Waals surface area contributed by atoms with Crippen LogP contribution in [0.5, 0.6) is 0 Å². The SMILES string of the molecule is O=CC(=O)O[Si](Cc1c(-c2ccccc2)cccc1-c1ccccc1)(Cc1c(-c2ccccc2)cccc1-c1ccccc1)Cc1c(-c2ccccc2)cccc1-c1ccccc1. The molecule has 0 aliphatic carbocycles. The highest BCUT2D eigenvalue weighted by Gasteiger charge is 2.43. The first-order chi connectivity index (χ1) is 31.1. The van der Waals surface area contributed by atoms with Gasteiger partial charge in [-0.15, -0.1) is 0 Å². The van der Waals surface area contributed by atoms with E-state index in [2.05, 4.69) is 200 Å². The van der Waals surface area contributed by atoms with E-state index in [-0.39, 0.29) is 0 Å². The van der Waals surface area contributed by atoms with Gasteiger partial charge in [0.05, 0.1) is 0 Å². The van der Waals surface area contributed by atoms with E-state index in [4.69, 9.17) is 4.43 Å². The lowest BCUT2D eigenvalue weighted by Gasteiger charge is -2.35. The first-order valence-electron chi connectivity index (χ1n) is 21.5. The van der Waals surface area contributed by atoms with Crippen LogP contribution >= 0.6 is 0 Å². The van der Waals surface area contributed by atoms with Crippen molar-refractivity contribution in [3.8, 4) is 66.8 Å². The second-order valence-corrected chi connectivity index (χ2v) is 19.6. The van der Waals surface area contributed by atoms with Gasteiger partial charge in [0.1, 0.15) is 0 Å². The third kappa shape index (κ3) is 9.04. The molecule has 0 bridgehead atoms. The zero-order valence-corrected chi connectivity index (χ0v) is 35.9. The Labute approximate surface area is 371 Å². The molecule has 0 spiro atoms. The molecular weight excluding hydrogens is 785 g/mol. The van der Waals surface area contributed by atoms with Gasteiger partial charge in [-0.05, 0) is 83.5 Å². The Kier molecular flexibility index (Phi) is 12.2. The van der Waals surface area contributed by atoms with Crippen molar-refractivity contribution < 1.29 is 14.0 Å². The Hall–Kier alpha value is -7.66. The molecule has 0 unspecified atom stereocenters. The largest absolute Gasteiger partial charge is 0.513 e. The van der Waals surface area contributed by atoms with E-state index in [0.29, 0.717) is 24.4 Å². The minimum absolute atomic E-state index is 0.353. The first kappa shape index (κ1) is 40.7. The lowest BCUT2D eigenvalue weighted by atomic mass is 9.92. The normalized spacial score (nSPS) is 11.2. The van der Waals surface area contributed by atoms with Crippen molar-refractivity contribution in [2.24, 2.45) is 0 Å². The number of hydrogen-bond acceptors (Lipinski definition) is 3. The van der Waals surface area contributed by atoms with Gasteiger partial charge in [-0.3, -0.25) is 4.79 Å². The predicted octanol–water partition coefficient (Wildman–Crippen LogP) is 14.0. The first-order valence-corrected chi connectivity index (χ1v) is 24.0. The average molecular weight is 831 g/mol. The van der Waals surface area contributed by atoms with Crippen molar-refractivity contribution >= 4 is 20.6 Å². The molecule has 0 fully saturated rings. The zero-order chi connectivity index (χ0) is 42.9. The van der Waals surface area contributed by atoms with Crippen molar-refractivity contribution in [1.82, 2.24) is 0 Å². The highest BCUT2D eigenvalue weighted by molar-refractivity contribution is 6.75. The van der Waals surface area contributed by atoms with Crippen LogP contribution in [0.3, 0.4) is 0 Å². The molecule has 0 aliphatic rings. The van der Waals surface area contributed by atoms with E-state index in [0.717, 1.165) is 83.5 Å². The number of aldehydes is 1. The van der Waals surface area contributed by atoms with Crippen molar-refractivity contribution in [3.05, 3.63) is 253 Å². The Morgan fingerprint density at radius 3 is 0.714 bits per heavy atom. The van der Waals surface area contributed by atoms with Crippen molar-refractivity contribution in [2.75, 3.05) is 0 Å². The second-order valence-electron chi connectivity index (χ2n) is 15.9. The molecule has 9 aromatic rings. The van der Waals surface area contributed by atoms with Gasteiger partial charge in [0.2, 0.25) is 6.29 Å². The molecule has 63 heavy (non-hydrogen) atoms. The molecular formula is C59H46O3Si. The number of benzene rings is 9. The molecule has 0 N–H and O–H groups in total. The Bertz CT molecular complexity index is 2470. The monoisotopic (exact) mass is 830 g/mol. The van der Waals surface area contributed by atoms with E-state index in [1.54, 1.807) is 0 Å². The molecule has 0 saturated heterocycles. The Balaban J connectivity index is 1.38. The second kappa shape index (κ2) is 18.9. The molecule has 0 heterocycles. The summed E-state index contributed by atoms with van der Waals surface area (Å²) >= 11 is 0. The molecule has 9 aromatic carbocycles. The molecule has 9 rings (SSSR count). The average Bonchev–Trinajstić information content (AvgIpc) is 3.35. The van der Waals surface area contributed by atoms with Crippen molar-refractivity contribution in [1.29, 1.82) is 0 Å². The summed E-state index contributed by atoms with van der Waals surface area (Å²) in [6.07, 6.45) is 0.353. The lowest BCUT2D eigenvalue weighted by molar-refractivity contribution is -0.142. The summed E-state index contributed by atoms with van der Waals surface area (Å²) < 4.78 is 7.08. The smallest absolute Gasteiger partial charge is 0.358 e. The van der Waals surface area contributed by atoms with Gasteiger partial charge in [-0.25, -0.2) is 4.79 Å². The van der Waals surface area contributed by atoms with Gasteiger partial charge in [0.25, 0.3) is 8.32 Å². The number of hydrogen-bond donors (Lipinski definition) is 0. The molecule has 0 radical (unpaired) electrons. The van der Waals surface area contributed by atoms with Gasteiger partial charge in [0, 0.05) is 18.1 Å². The minimum atomic E-state index is -3.67. The quantitative estimate of drug-likeness (QED) is 0.0623. The maximum atomic E-state index is 14.2. The van der Waals surface area contributed by atoms with Crippen LogP contribution in [-0.2, 0) is 32.1 Å². The summed E-state index contributed by atoms with van der Waals surface area (Å²) in [6, 6.07) is 83.4. The van der Waals surface area contributed by atoms with E-state index in [9.17, 15) is 9.59 Å². The van der Waals surface area contributed by atoms with Crippen LogP contribution < -0.4 is 0 Å². The van der Waals surface area contributed by atoms with Gasteiger partial charge >= 0.3 is 5.97 Å². The highest BCUT2D eigenvalue weighted by Crippen LogP contribution is 2.43. The van der Waals surface area contributed by atoms with Crippen LogP contribution in [0, 0.1) is 0 Å². The standard InChI is InChI=1S/C59H46O3Si/c60-40-59(61)62-63(41-56-50(44-22-7-1-8-23-44)34-19-35-51(56)45-24-9-2-10-25-45,42-57-52(46-26-11-3-12-27-46)36-20-37-53(57)47-28-13-4-14-29-47)43-58-54(48-30-15-5-16-31-48)38-21-39-55(58)49-32-17-6-18-33-49/h1-40H,41-43H2. The highest BCUT2D eigenvalue weighted by atomic mass is 28.4. The van der Waals surface area contributed by atoms with Gasteiger partial charge in [0.15, 0.2) is 0 Å². The van der Waals surface area contributed by atoms with E-state index < -0.39 is 14.3 Å². The van der Waals surface area contributed by atoms with Crippen LogP contribution in [0.15, 0.2) is 237 Å². The van der Waals surface area contributed by atoms with E-state index >= 15 is 0 Å². The molecule has 0 atom stereocenters. The zero-order valence-electron chi connectivity index (χ0n) is 34.9. The number of rotatable bonds is 14. The predicted molar refractivity (Wildman–Crippen MR) is 261 cm³/mol. The summed E-state index contributed by atoms with van der Waals surface area (Å²) in [6.45, 7) is 0. The molecule has 0 amide bonds. The maximum Gasteiger partial charge on any atom is 0.358 e. The maximum absolute atomic E-state index is 14.2. The van der Waals surface area contributed by atoms with Crippen LogP contribution in [0.25, 0.3) is 66.8 Å². The molecule has 304 valence electrons. The Morgan fingerprint density at radius 1 is 0.317 bits per heavy atom. The van der Waals surface area contributed by atoms with Crippen LogP contribution in [0.2, 0.25) is 0 Å². The fraction of sp³-hybridized carbons (Fsp3) is 0.0508. The molecule has 4 heteroatoms. The molecule has 0 saturated carbocycles. The molecule has 3 nitrogen and oxygen atoms in total. The Morgan fingerprint density at radius 2 is 0.524 bits per heavy atom.